The molecule has 2 aromatic rings. The molecule has 10 nitrogen and oxygen atoms in total. The molecule has 0 aliphatic carbocycles. The minimum Gasteiger partial charge on any atom is -0.378 e. The third kappa shape index (κ3) is 4.78. The molecular formula is C20H26N6O4S. The first-order valence-corrected chi connectivity index (χ1v) is 12.0. The first-order valence-electron chi connectivity index (χ1n) is 10.1. The summed E-state index contributed by atoms with van der Waals surface area (Å²) in [4.78, 5) is 23.3. The van der Waals surface area contributed by atoms with E-state index in [4.69, 9.17) is 14.7 Å². The number of urea groups is 1. The van der Waals surface area contributed by atoms with Gasteiger partial charge in [0.25, 0.3) is 0 Å². The zero-order chi connectivity index (χ0) is 22.0. The van der Waals surface area contributed by atoms with Gasteiger partial charge in [-0.2, -0.15) is 4.31 Å². The molecule has 4 rings (SSSR count). The number of amides is 2. The number of ether oxygens (including phenoxy) is 1. The zero-order valence-corrected chi connectivity index (χ0v) is 18.4. The maximum absolute atomic E-state index is 12.1. The number of fused-ring (bicyclic) bond motifs is 1. The van der Waals surface area contributed by atoms with Crippen LogP contribution in [-0.2, 0) is 27.7 Å². The largest absolute Gasteiger partial charge is 0.378 e. The Morgan fingerprint density at radius 3 is 2.45 bits per heavy atom. The van der Waals surface area contributed by atoms with Crippen LogP contribution in [0.5, 0.6) is 0 Å². The van der Waals surface area contributed by atoms with Gasteiger partial charge >= 0.3 is 6.03 Å². The SMILES string of the molecule is CNC(=O)Nc1ccc(-c2nc3c(c(N4CCOCC4)n2)CCN(S(C)(=O)=O)C3)cc1. The van der Waals surface area contributed by atoms with E-state index < -0.39 is 10.0 Å². The van der Waals surface area contributed by atoms with Crippen LogP contribution in [-0.4, -0.2) is 74.9 Å². The Kier molecular flexibility index (Phi) is 6.08. The number of carbonyl (C=O) groups excluding carboxylic acids is 1. The molecule has 3 heterocycles. The predicted octanol–water partition coefficient (Wildman–Crippen LogP) is 1.05. The molecule has 0 saturated carbocycles. The van der Waals surface area contributed by atoms with Crippen LogP contribution >= 0.6 is 0 Å². The second kappa shape index (κ2) is 8.77. The summed E-state index contributed by atoms with van der Waals surface area (Å²) in [6.45, 7) is 3.37. The highest BCUT2D eigenvalue weighted by Gasteiger charge is 2.29. The lowest BCUT2D eigenvalue weighted by Crippen LogP contribution is -2.40. The first-order chi connectivity index (χ1) is 14.8. The number of carbonyl (C=O) groups is 1. The molecule has 0 spiro atoms. The van der Waals surface area contributed by atoms with E-state index in [1.807, 2.05) is 12.1 Å². The molecule has 1 aromatic heterocycles. The third-order valence-electron chi connectivity index (χ3n) is 5.42. The molecule has 1 fully saturated rings. The Morgan fingerprint density at radius 2 is 1.81 bits per heavy atom. The number of rotatable bonds is 4. The Hall–Kier alpha value is -2.76. The third-order valence-corrected chi connectivity index (χ3v) is 6.67. The van der Waals surface area contributed by atoms with Crippen LogP contribution in [0.1, 0.15) is 11.3 Å². The van der Waals surface area contributed by atoms with E-state index in [9.17, 15) is 13.2 Å². The van der Waals surface area contributed by atoms with E-state index in [1.54, 1.807) is 19.2 Å². The molecule has 1 aromatic carbocycles. The van der Waals surface area contributed by atoms with Crippen molar-refractivity contribution < 1.29 is 17.9 Å². The average Bonchev–Trinajstić information content (AvgIpc) is 2.78. The predicted molar refractivity (Wildman–Crippen MR) is 118 cm³/mol. The zero-order valence-electron chi connectivity index (χ0n) is 17.6. The summed E-state index contributed by atoms with van der Waals surface area (Å²) in [5.41, 5.74) is 3.17. The van der Waals surface area contributed by atoms with E-state index in [1.165, 1.54) is 10.6 Å². The van der Waals surface area contributed by atoms with Crippen LogP contribution in [0.2, 0.25) is 0 Å². The molecule has 2 aliphatic heterocycles. The molecule has 11 heteroatoms. The van der Waals surface area contributed by atoms with E-state index in [-0.39, 0.29) is 12.6 Å². The van der Waals surface area contributed by atoms with Crippen molar-refractivity contribution in [3.05, 3.63) is 35.5 Å². The molecule has 0 atom stereocenters. The Labute approximate surface area is 181 Å². The summed E-state index contributed by atoms with van der Waals surface area (Å²) >= 11 is 0. The fourth-order valence-corrected chi connectivity index (χ4v) is 4.51. The summed E-state index contributed by atoms with van der Waals surface area (Å²) in [5, 5.41) is 5.23. The molecule has 1 saturated heterocycles. The lowest BCUT2D eigenvalue weighted by molar-refractivity contribution is 0.122. The highest BCUT2D eigenvalue weighted by Crippen LogP contribution is 2.31. The highest BCUT2D eigenvalue weighted by molar-refractivity contribution is 7.88. The van der Waals surface area contributed by atoms with Crippen LogP contribution in [0.4, 0.5) is 16.3 Å². The number of anilines is 2. The van der Waals surface area contributed by atoms with Gasteiger partial charge in [-0.3, -0.25) is 0 Å². The molecule has 2 N–H and O–H groups in total. The van der Waals surface area contributed by atoms with Gasteiger partial charge < -0.3 is 20.3 Å². The minimum atomic E-state index is -3.31. The van der Waals surface area contributed by atoms with E-state index in [0.29, 0.717) is 37.7 Å². The summed E-state index contributed by atoms with van der Waals surface area (Å²) in [6.07, 6.45) is 1.80. The number of hydrogen-bond acceptors (Lipinski definition) is 7. The molecule has 2 aliphatic rings. The summed E-state index contributed by atoms with van der Waals surface area (Å²) < 4.78 is 31.1. The number of hydrogen-bond donors (Lipinski definition) is 2. The normalized spacial score (nSPS) is 17.2. The van der Waals surface area contributed by atoms with E-state index in [2.05, 4.69) is 15.5 Å². The maximum atomic E-state index is 12.1. The summed E-state index contributed by atoms with van der Waals surface area (Å²) in [7, 11) is -1.76. The van der Waals surface area contributed by atoms with Gasteiger partial charge in [-0.1, -0.05) is 0 Å². The number of morpholine rings is 1. The van der Waals surface area contributed by atoms with Gasteiger partial charge in [-0.15, -0.1) is 0 Å². The quantitative estimate of drug-likeness (QED) is 0.721. The topological polar surface area (TPSA) is 117 Å². The van der Waals surface area contributed by atoms with Crippen LogP contribution in [0.25, 0.3) is 11.4 Å². The van der Waals surface area contributed by atoms with E-state index >= 15 is 0 Å². The molecule has 31 heavy (non-hydrogen) atoms. The van der Waals surface area contributed by atoms with Crippen molar-refractivity contribution in [2.24, 2.45) is 0 Å². The van der Waals surface area contributed by atoms with Crippen molar-refractivity contribution in [1.29, 1.82) is 0 Å². The minimum absolute atomic E-state index is 0.233. The van der Waals surface area contributed by atoms with Crippen molar-refractivity contribution in [2.45, 2.75) is 13.0 Å². The number of nitrogens with one attached hydrogen (secondary N) is 2. The molecule has 0 bridgehead atoms. The molecule has 0 unspecified atom stereocenters. The van der Waals surface area contributed by atoms with Gasteiger partial charge in [-0.25, -0.2) is 23.2 Å². The lowest BCUT2D eigenvalue weighted by atomic mass is 10.1. The molecule has 0 radical (unpaired) electrons. The smallest absolute Gasteiger partial charge is 0.318 e. The van der Waals surface area contributed by atoms with E-state index in [0.717, 1.165) is 35.7 Å². The van der Waals surface area contributed by atoms with Crippen molar-refractivity contribution >= 4 is 27.6 Å². The second-order valence-electron chi connectivity index (χ2n) is 7.52. The Morgan fingerprint density at radius 1 is 1.10 bits per heavy atom. The number of benzene rings is 1. The lowest BCUT2D eigenvalue weighted by Gasteiger charge is -2.33. The Balaban J connectivity index is 1.72. The van der Waals surface area contributed by atoms with Gasteiger partial charge in [-0.05, 0) is 30.7 Å². The van der Waals surface area contributed by atoms with Gasteiger partial charge in [0.1, 0.15) is 5.82 Å². The van der Waals surface area contributed by atoms with Crippen LogP contribution < -0.4 is 15.5 Å². The van der Waals surface area contributed by atoms with Gasteiger partial charge in [0.2, 0.25) is 10.0 Å². The molecule has 166 valence electrons. The van der Waals surface area contributed by atoms with Crippen molar-refractivity contribution in [3.63, 3.8) is 0 Å². The number of nitrogens with zero attached hydrogens (tertiary/aromatic N) is 4. The van der Waals surface area contributed by atoms with Gasteiger partial charge in [0.15, 0.2) is 5.82 Å². The second-order valence-corrected chi connectivity index (χ2v) is 9.51. The van der Waals surface area contributed by atoms with Crippen molar-refractivity contribution in [1.82, 2.24) is 19.6 Å². The monoisotopic (exact) mass is 446 g/mol. The Bertz CT molecular complexity index is 1070. The van der Waals surface area contributed by atoms with Crippen LogP contribution in [0.15, 0.2) is 24.3 Å². The number of sulfonamides is 1. The first kappa shape index (κ1) is 21.5. The molecular weight excluding hydrogens is 420 g/mol. The molecule has 2 amide bonds. The van der Waals surface area contributed by atoms with Gasteiger partial charge in [0.05, 0.1) is 31.7 Å². The van der Waals surface area contributed by atoms with Crippen molar-refractivity contribution in [2.75, 3.05) is 56.4 Å². The van der Waals surface area contributed by atoms with Crippen molar-refractivity contribution in [3.8, 4) is 11.4 Å². The van der Waals surface area contributed by atoms with Gasteiger partial charge in [0, 0.05) is 43.5 Å². The summed E-state index contributed by atoms with van der Waals surface area (Å²) in [6, 6.07) is 6.95. The average molecular weight is 447 g/mol. The fraction of sp³-hybridized carbons (Fsp3) is 0.450. The maximum Gasteiger partial charge on any atom is 0.318 e. The summed E-state index contributed by atoms with van der Waals surface area (Å²) in [5.74, 6) is 1.38. The van der Waals surface area contributed by atoms with Crippen LogP contribution in [0.3, 0.4) is 0 Å². The standard InChI is InChI=1S/C20H26N6O4S/c1-21-20(27)22-15-5-3-14(4-6-15)18-23-17-13-26(31(2,28)29)8-7-16(17)19(24-18)25-9-11-30-12-10-25/h3-6H,7-13H2,1-2H3,(H2,21,22,27). The number of aromatic nitrogens is 2. The highest BCUT2D eigenvalue weighted by atomic mass is 32.2. The fourth-order valence-electron chi connectivity index (χ4n) is 3.73. The van der Waals surface area contributed by atoms with Crippen LogP contribution in [0, 0.1) is 0 Å².